The Balaban J connectivity index is 1.98. The van der Waals surface area contributed by atoms with E-state index in [1.807, 2.05) is 0 Å². The number of hydrogen-bond donors (Lipinski definition) is 2. The number of anilines is 1. The zero-order chi connectivity index (χ0) is 17.7. The highest BCUT2D eigenvalue weighted by Gasteiger charge is 2.31. The largest absolute Gasteiger partial charge is 0.573 e. The van der Waals surface area contributed by atoms with Gasteiger partial charge in [0.15, 0.2) is 5.11 Å². The molecule has 0 bridgehead atoms. The van der Waals surface area contributed by atoms with E-state index in [4.69, 9.17) is 23.8 Å². The summed E-state index contributed by atoms with van der Waals surface area (Å²) in [6.45, 7) is 0.0718. The molecule has 0 radical (unpaired) electrons. The molecule has 0 aliphatic carbocycles. The molecule has 2 aromatic rings. The molecule has 0 saturated carbocycles. The van der Waals surface area contributed by atoms with E-state index in [0.717, 1.165) is 4.47 Å². The maximum absolute atomic E-state index is 12.4. The molecule has 2 rings (SSSR count). The van der Waals surface area contributed by atoms with Gasteiger partial charge in [-0.25, -0.2) is 0 Å². The van der Waals surface area contributed by atoms with Crippen LogP contribution in [-0.2, 0) is 6.54 Å². The molecule has 0 unspecified atom stereocenters. The molecule has 9 heteroatoms. The molecule has 0 atom stereocenters. The number of benzene rings is 2. The van der Waals surface area contributed by atoms with E-state index < -0.39 is 6.36 Å². The first-order chi connectivity index (χ1) is 11.2. The molecule has 0 spiro atoms. The van der Waals surface area contributed by atoms with Crippen molar-refractivity contribution < 1.29 is 17.9 Å². The van der Waals surface area contributed by atoms with Crippen LogP contribution in [0.5, 0.6) is 5.75 Å². The molecular weight excluding hydrogens is 429 g/mol. The second-order valence-electron chi connectivity index (χ2n) is 4.59. The maximum atomic E-state index is 12.4. The molecule has 0 heterocycles. The van der Waals surface area contributed by atoms with Crippen LogP contribution in [0.25, 0.3) is 0 Å². The number of ether oxygens (including phenoxy) is 1. The molecule has 0 fully saturated rings. The van der Waals surface area contributed by atoms with Crippen molar-refractivity contribution in [2.24, 2.45) is 0 Å². The van der Waals surface area contributed by atoms with Gasteiger partial charge in [-0.1, -0.05) is 29.8 Å². The maximum Gasteiger partial charge on any atom is 0.573 e. The summed E-state index contributed by atoms with van der Waals surface area (Å²) in [5.74, 6) is -0.271. The third-order valence-electron chi connectivity index (χ3n) is 2.82. The predicted molar refractivity (Wildman–Crippen MR) is 95.3 cm³/mol. The monoisotopic (exact) mass is 438 g/mol. The van der Waals surface area contributed by atoms with Gasteiger partial charge in [0.05, 0.1) is 5.02 Å². The zero-order valence-electron chi connectivity index (χ0n) is 12.0. The average molecular weight is 440 g/mol. The standard InChI is InChI=1S/C15H11BrClF3N2OS/c16-11-6-5-10(7-12(11)17)22-14(24)21-8-9-3-1-2-4-13(9)23-15(18,19)20/h1-7H,8H2,(H2,21,22,24). The van der Waals surface area contributed by atoms with Crippen LogP contribution in [0.3, 0.4) is 0 Å². The van der Waals surface area contributed by atoms with Crippen molar-refractivity contribution in [2.45, 2.75) is 12.9 Å². The molecule has 0 aliphatic rings. The van der Waals surface area contributed by atoms with Crippen molar-refractivity contribution in [2.75, 3.05) is 5.32 Å². The summed E-state index contributed by atoms with van der Waals surface area (Å²) < 4.78 is 41.9. The summed E-state index contributed by atoms with van der Waals surface area (Å²) in [7, 11) is 0. The second-order valence-corrected chi connectivity index (χ2v) is 6.26. The Labute approximate surface area is 155 Å². The van der Waals surface area contributed by atoms with Gasteiger partial charge in [-0.2, -0.15) is 0 Å². The molecule has 2 aromatic carbocycles. The highest BCUT2D eigenvalue weighted by atomic mass is 79.9. The molecule has 128 valence electrons. The normalized spacial score (nSPS) is 11.0. The summed E-state index contributed by atoms with van der Waals surface area (Å²) in [4.78, 5) is 0. The first kappa shape index (κ1) is 18.8. The minimum atomic E-state index is -4.75. The van der Waals surface area contributed by atoms with Gasteiger partial charge in [0.2, 0.25) is 0 Å². The lowest BCUT2D eigenvalue weighted by molar-refractivity contribution is -0.274. The molecule has 24 heavy (non-hydrogen) atoms. The minimum absolute atomic E-state index is 0.0718. The number of para-hydroxylation sites is 1. The lowest BCUT2D eigenvalue weighted by Gasteiger charge is -2.15. The summed E-state index contributed by atoms with van der Waals surface area (Å²) in [6.07, 6.45) is -4.75. The first-order valence-corrected chi connectivity index (χ1v) is 8.16. The van der Waals surface area contributed by atoms with Gasteiger partial charge in [0.1, 0.15) is 5.75 Å². The number of thiocarbonyl (C=S) groups is 1. The Kier molecular flexibility index (Phi) is 6.31. The lowest BCUT2D eigenvalue weighted by atomic mass is 10.2. The summed E-state index contributed by atoms with van der Waals surface area (Å²) in [5, 5.41) is 6.48. The first-order valence-electron chi connectivity index (χ1n) is 6.58. The lowest BCUT2D eigenvalue weighted by Crippen LogP contribution is -2.28. The minimum Gasteiger partial charge on any atom is -0.405 e. The SMILES string of the molecule is FC(F)(F)Oc1ccccc1CNC(=S)Nc1ccc(Br)c(Cl)c1. The fourth-order valence-corrected chi connectivity index (χ4v) is 2.42. The Bertz CT molecular complexity index is 743. The Morgan fingerprint density at radius 1 is 1.21 bits per heavy atom. The van der Waals surface area contributed by atoms with Gasteiger partial charge in [0.25, 0.3) is 0 Å². The Hall–Kier alpha value is -1.51. The Morgan fingerprint density at radius 2 is 1.92 bits per heavy atom. The summed E-state index contributed by atoms with van der Waals surface area (Å²) in [6, 6.07) is 11.0. The van der Waals surface area contributed by atoms with Crippen LogP contribution >= 0.6 is 39.7 Å². The Morgan fingerprint density at radius 3 is 2.58 bits per heavy atom. The van der Waals surface area contributed by atoms with Crippen molar-refractivity contribution in [3.8, 4) is 5.75 Å². The topological polar surface area (TPSA) is 33.3 Å². The van der Waals surface area contributed by atoms with E-state index in [1.54, 1.807) is 24.3 Å². The van der Waals surface area contributed by atoms with Gasteiger partial charge in [0, 0.05) is 22.3 Å². The third kappa shape index (κ3) is 5.85. The van der Waals surface area contributed by atoms with Crippen molar-refractivity contribution in [1.29, 1.82) is 0 Å². The van der Waals surface area contributed by atoms with Crippen molar-refractivity contribution in [3.63, 3.8) is 0 Å². The zero-order valence-corrected chi connectivity index (χ0v) is 15.1. The fraction of sp³-hybridized carbons (Fsp3) is 0.133. The number of rotatable bonds is 4. The van der Waals surface area contributed by atoms with Crippen LogP contribution in [0, 0.1) is 0 Å². The van der Waals surface area contributed by atoms with E-state index in [1.165, 1.54) is 18.2 Å². The van der Waals surface area contributed by atoms with E-state index in [-0.39, 0.29) is 17.4 Å². The number of hydrogen-bond acceptors (Lipinski definition) is 2. The van der Waals surface area contributed by atoms with Gasteiger partial charge in [-0.15, -0.1) is 13.2 Å². The van der Waals surface area contributed by atoms with Crippen LogP contribution in [-0.4, -0.2) is 11.5 Å². The molecule has 2 N–H and O–H groups in total. The van der Waals surface area contributed by atoms with Gasteiger partial charge >= 0.3 is 6.36 Å². The van der Waals surface area contributed by atoms with E-state index in [9.17, 15) is 13.2 Å². The van der Waals surface area contributed by atoms with Gasteiger partial charge in [-0.05, 0) is 52.4 Å². The molecule has 0 amide bonds. The van der Waals surface area contributed by atoms with Crippen LogP contribution in [0.2, 0.25) is 5.02 Å². The smallest absolute Gasteiger partial charge is 0.405 e. The van der Waals surface area contributed by atoms with Crippen LogP contribution in [0.4, 0.5) is 18.9 Å². The number of alkyl halides is 3. The molecular formula is C15H11BrClF3N2OS. The van der Waals surface area contributed by atoms with Gasteiger partial charge < -0.3 is 15.4 Å². The van der Waals surface area contributed by atoms with Crippen molar-refractivity contribution >= 4 is 50.5 Å². The van der Waals surface area contributed by atoms with E-state index in [0.29, 0.717) is 16.3 Å². The van der Waals surface area contributed by atoms with Gasteiger partial charge in [-0.3, -0.25) is 0 Å². The van der Waals surface area contributed by atoms with E-state index in [2.05, 4.69) is 31.3 Å². The quantitative estimate of drug-likeness (QED) is 0.618. The van der Waals surface area contributed by atoms with Crippen molar-refractivity contribution in [1.82, 2.24) is 5.32 Å². The molecule has 3 nitrogen and oxygen atoms in total. The molecule has 0 aromatic heterocycles. The highest BCUT2D eigenvalue weighted by Crippen LogP contribution is 2.27. The molecule has 0 aliphatic heterocycles. The molecule has 0 saturated heterocycles. The number of nitrogens with one attached hydrogen (secondary N) is 2. The third-order valence-corrected chi connectivity index (χ3v) is 4.29. The fourth-order valence-electron chi connectivity index (χ4n) is 1.80. The van der Waals surface area contributed by atoms with Crippen molar-refractivity contribution in [3.05, 3.63) is 57.5 Å². The van der Waals surface area contributed by atoms with E-state index >= 15 is 0 Å². The van der Waals surface area contributed by atoms with Crippen LogP contribution < -0.4 is 15.4 Å². The average Bonchev–Trinajstić information content (AvgIpc) is 2.48. The highest BCUT2D eigenvalue weighted by molar-refractivity contribution is 9.10. The summed E-state index contributed by atoms with van der Waals surface area (Å²) in [5.41, 5.74) is 0.980. The van der Waals surface area contributed by atoms with Crippen LogP contribution in [0.1, 0.15) is 5.56 Å². The second kappa shape index (κ2) is 8.04. The predicted octanol–water partition coefficient (Wildman–Crippen LogP) is 5.49. The van der Waals surface area contributed by atoms with Crippen LogP contribution in [0.15, 0.2) is 46.9 Å². The number of halogens is 5. The summed E-state index contributed by atoms with van der Waals surface area (Å²) >= 11 is 14.4.